The fraction of sp³-hybridized carbons (Fsp3) is 0.731. The molecule has 1 amide bonds. The lowest BCUT2D eigenvalue weighted by atomic mass is 9.52. The van der Waals surface area contributed by atoms with Gasteiger partial charge in [-0.1, -0.05) is 0 Å². The lowest BCUT2D eigenvalue weighted by Crippen LogP contribution is -2.61. The van der Waals surface area contributed by atoms with Gasteiger partial charge in [0.1, 0.15) is 5.82 Å². The van der Waals surface area contributed by atoms with Crippen molar-refractivity contribution in [2.75, 3.05) is 18.0 Å². The van der Waals surface area contributed by atoms with Crippen LogP contribution in [0.3, 0.4) is 0 Å². The molecule has 5 aliphatic carbocycles. The maximum Gasteiger partial charge on any atom is 0.303 e. The highest BCUT2D eigenvalue weighted by molar-refractivity contribution is 5.96. The molecule has 6 fully saturated rings. The second kappa shape index (κ2) is 7.97. The summed E-state index contributed by atoms with van der Waals surface area (Å²) in [6.45, 7) is 1.60. The molecule has 3 unspecified atom stereocenters. The van der Waals surface area contributed by atoms with Crippen molar-refractivity contribution in [3.05, 3.63) is 23.4 Å². The third-order valence-electron chi connectivity index (χ3n) is 8.96. The maximum atomic E-state index is 13.4. The first-order chi connectivity index (χ1) is 15.9. The Balaban J connectivity index is 1.19. The van der Waals surface area contributed by atoms with Crippen LogP contribution in [0.25, 0.3) is 0 Å². The van der Waals surface area contributed by atoms with E-state index in [-0.39, 0.29) is 24.3 Å². The fourth-order valence-corrected chi connectivity index (χ4v) is 7.63. The zero-order valence-corrected chi connectivity index (χ0v) is 19.2. The van der Waals surface area contributed by atoms with Crippen LogP contribution in [0.1, 0.15) is 86.2 Å². The standard InChI is InChI=1S/C26H35N3O4/c30-22(31)10-15-2-1-7-29(14-15)21-6-5-20(24(27-21)17-3-4-17)25(32)28-23-18-8-16-9-19(23)13-26(33,11-16)12-18/h5-6,15-19,23,33H,1-4,7-14H2,(H,28,32)(H,30,31). The van der Waals surface area contributed by atoms with E-state index in [0.717, 1.165) is 75.8 Å². The Morgan fingerprint density at radius 2 is 1.88 bits per heavy atom. The van der Waals surface area contributed by atoms with Gasteiger partial charge in [0.25, 0.3) is 5.91 Å². The minimum absolute atomic E-state index is 0.0113. The summed E-state index contributed by atoms with van der Waals surface area (Å²) < 4.78 is 0. The highest BCUT2D eigenvalue weighted by Gasteiger charge is 2.55. The second-order valence-electron chi connectivity index (χ2n) is 11.6. The Morgan fingerprint density at radius 3 is 2.55 bits per heavy atom. The molecule has 1 aromatic heterocycles. The van der Waals surface area contributed by atoms with Crippen LogP contribution in [0.15, 0.2) is 12.1 Å². The van der Waals surface area contributed by atoms with Gasteiger partial charge in [-0.05, 0) is 93.6 Å². The molecule has 178 valence electrons. The van der Waals surface area contributed by atoms with Gasteiger partial charge in [0.05, 0.1) is 16.9 Å². The van der Waals surface area contributed by atoms with Gasteiger partial charge < -0.3 is 20.4 Å². The number of pyridine rings is 1. The van der Waals surface area contributed by atoms with Gasteiger partial charge in [-0.25, -0.2) is 4.98 Å². The van der Waals surface area contributed by atoms with Crippen molar-refractivity contribution in [1.82, 2.24) is 10.3 Å². The number of amides is 1. The molecule has 33 heavy (non-hydrogen) atoms. The predicted molar refractivity (Wildman–Crippen MR) is 123 cm³/mol. The Labute approximate surface area is 195 Å². The lowest BCUT2D eigenvalue weighted by molar-refractivity contribution is -0.138. The molecule has 7 heteroatoms. The summed E-state index contributed by atoms with van der Waals surface area (Å²) in [7, 11) is 0. The van der Waals surface area contributed by atoms with Crippen LogP contribution in [0, 0.1) is 23.7 Å². The van der Waals surface area contributed by atoms with Crippen molar-refractivity contribution >= 4 is 17.7 Å². The van der Waals surface area contributed by atoms with E-state index in [1.165, 1.54) is 0 Å². The van der Waals surface area contributed by atoms with E-state index in [2.05, 4.69) is 10.2 Å². The first kappa shape index (κ1) is 21.4. The summed E-state index contributed by atoms with van der Waals surface area (Å²) in [4.78, 5) is 31.8. The van der Waals surface area contributed by atoms with E-state index in [0.29, 0.717) is 35.8 Å². The van der Waals surface area contributed by atoms with Crippen LogP contribution >= 0.6 is 0 Å². The molecule has 2 heterocycles. The summed E-state index contributed by atoms with van der Waals surface area (Å²) in [5.41, 5.74) is 1.12. The van der Waals surface area contributed by atoms with Gasteiger partial charge in [0.15, 0.2) is 0 Å². The molecule has 7 nitrogen and oxygen atoms in total. The summed E-state index contributed by atoms with van der Waals surface area (Å²) in [6, 6.07) is 4.05. The van der Waals surface area contributed by atoms with Crippen LogP contribution < -0.4 is 10.2 Å². The highest BCUT2D eigenvalue weighted by atomic mass is 16.4. The van der Waals surface area contributed by atoms with Crippen LogP contribution in [-0.4, -0.2) is 51.8 Å². The number of aromatic nitrogens is 1. The Hall–Kier alpha value is -2.15. The Bertz CT molecular complexity index is 945. The molecule has 1 saturated heterocycles. The average molecular weight is 454 g/mol. The van der Waals surface area contributed by atoms with E-state index in [9.17, 15) is 19.8 Å². The SMILES string of the molecule is O=C(O)CC1CCCN(c2ccc(C(=O)NC3C4CC5CC3CC(O)(C5)C4)c(C3CC3)n2)C1. The van der Waals surface area contributed by atoms with Gasteiger partial charge in [-0.2, -0.15) is 0 Å². The molecule has 1 aliphatic heterocycles. The molecule has 7 rings (SSSR count). The van der Waals surface area contributed by atoms with Gasteiger partial charge in [-0.15, -0.1) is 0 Å². The maximum absolute atomic E-state index is 13.4. The molecule has 6 aliphatic rings. The van der Waals surface area contributed by atoms with Crippen LogP contribution in [-0.2, 0) is 4.79 Å². The Kier molecular flexibility index (Phi) is 5.16. The number of nitrogens with zero attached hydrogens (tertiary/aromatic N) is 2. The normalized spacial score (nSPS) is 37.2. The number of carbonyl (C=O) groups excluding carboxylic acids is 1. The van der Waals surface area contributed by atoms with E-state index < -0.39 is 11.6 Å². The number of aliphatic hydroxyl groups is 1. The topological polar surface area (TPSA) is 103 Å². The third kappa shape index (κ3) is 4.13. The van der Waals surface area contributed by atoms with Gasteiger partial charge in [-0.3, -0.25) is 9.59 Å². The van der Waals surface area contributed by atoms with Crippen molar-refractivity contribution in [3.63, 3.8) is 0 Å². The van der Waals surface area contributed by atoms with Crippen LogP contribution in [0.5, 0.6) is 0 Å². The third-order valence-corrected chi connectivity index (χ3v) is 8.96. The highest BCUT2D eigenvalue weighted by Crippen LogP contribution is 2.55. The van der Waals surface area contributed by atoms with Crippen molar-refractivity contribution in [2.45, 2.75) is 81.8 Å². The van der Waals surface area contributed by atoms with Gasteiger partial charge in [0.2, 0.25) is 0 Å². The average Bonchev–Trinajstić information content (AvgIpc) is 3.60. The monoisotopic (exact) mass is 453 g/mol. The smallest absolute Gasteiger partial charge is 0.303 e. The largest absolute Gasteiger partial charge is 0.481 e. The lowest BCUT2D eigenvalue weighted by Gasteiger charge is -2.58. The first-order valence-corrected chi connectivity index (χ1v) is 12.9. The van der Waals surface area contributed by atoms with Crippen molar-refractivity contribution in [1.29, 1.82) is 0 Å². The Morgan fingerprint density at radius 1 is 1.12 bits per heavy atom. The number of carboxylic acid groups (broad SMARTS) is 1. The van der Waals surface area contributed by atoms with E-state index in [1.54, 1.807) is 0 Å². The number of piperidine rings is 1. The van der Waals surface area contributed by atoms with E-state index in [4.69, 9.17) is 4.98 Å². The molecule has 5 saturated carbocycles. The molecule has 3 atom stereocenters. The van der Waals surface area contributed by atoms with E-state index in [1.807, 2.05) is 12.1 Å². The summed E-state index contributed by atoms with van der Waals surface area (Å²) >= 11 is 0. The fourth-order valence-electron chi connectivity index (χ4n) is 7.63. The molecule has 1 aromatic rings. The van der Waals surface area contributed by atoms with Crippen molar-refractivity contribution in [2.24, 2.45) is 23.7 Å². The summed E-state index contributed by atoms with van der Waals surface area (Å²) in [5.74, 6) is 2.03. The number of rotatable bonds is 6. The molecule has 0 aromatic carbocycles. The van der Waals surface area contributed by atoms with Crippen LogP contribution in [0.4, 0.5) is 5.82 Å². The van der Waals surface area contributed by atoms with Gasteiger partial charge in [0, 0.05) is 31.5 Å². The number of nitrogens with one attached hydrogen (secondary N) is 1. The molecular weight excluding hydrogens is 418 g/mol. The number of carbonyl (C=O) groups is 2. The van der Waals surface area contributed by atoms with Gasteiger partial charge >= 0.3 is 5.97 Å². The van der Waals surface area contributed by atoms with Crippen molar-refractivity contribution in [3.8, 4) is 0 Å². The molecule has 0 spiro atoms. The molecule has 3 N–H and O–H groups in total. The minimum atomic E-state index is -0.739. The molecular formula is C26H35N3O4. The summed E-state index contributed by atoms with van der Waals surface area (Å²) in [6.07, 6.45) is 9.11. The molecule has 4 bridgehead atoms. The van der Waals surface area contributed by atoms with Crippen molar-refractivity contribution < 1.29 is 19.8 Å². The zero-order valence-electron chi connectivity index (χ0n) is 19.2. The first-order valence-electron chi connectivity index (χ1n) is 12.9. The number of hydrogen-bond acceptors (Lipinski definition) is 5. The van der Waals surface area contributed by atoms with E-state index >= 15 is 0 Å². The predicted octanol–water partition coefficient (Wildman–Crippen LogP) is 3.32. The molecule has 0 radical (unpaired) electrons. The number of anilines is 1. The quantitative estimate of drug-likeness (QED) is 0.611. The van der Waals surface area contributed by atoms with Crippen LogP contribution in [0.2, 0.25) is 0 Å². The minimum Gasteiger partial charge on any atom is -0.481 e. The number of carboxylic acids is 1. The number of aliphatic carboxylic acids is 1. The number of hydrogen-bond donors (Lipinski definition) is 3. The zero-order chi connectivity index (χ0) is 22.7. The summed E-state index contributed by atoms with van der Waals surface area (Å²) in [5, 5.41) is 23.4. The second-order valence-corrected chi connectivity index (χ2v) is 11.6.